The van der Waals surface area contributed by atoms with Gasteiger partial charge in [-0.15, -0.1) is 0 Å². The Morgan fingerprint density at radius 2 is 1.67 bits per heavy atom. The maximum atomic E-state index is 12.1. The van der Waals surface area contributed by atoms with Gasteiger partial charge in [0.25, 0.3) is 5.91 Å². The van der Waals surface area contributed by atoms with Crippen molar-refractivity contribution in [3.63, 3.8) is 0 Å². The Labute approximate surface area is 156 Å². The van der Waals surface area contributed by atoms with E-state index in [4.69, 9.17) is 14.6 Å². The number of rotatable bonds is 8. The number of benzene rings is 2. The molecule has 0 unspecified atom stereocenters. The highest BCUT2D eigenvalue weighted by Crippen LogP contribution is 2.07. The number of carbonyl (C=O) groups excluding carboxylic acids is 3. The number of carbonyl (C=O) groups is 3. The summed E-state index contributed by atoms with van der Waals surface area (Å²) in [6, 6.07) is 14.5. The van der Waals surface area contributed by atoms with E-state index >= 15 is 0 Å². The molecule has 2 aromatic carbocycles. The molecule has 0 aliphatic heterocycles. The highest BCUT2D eigenvalue weighted by atomic mass is 16.5. The van der Waals surface area contributed by atoms with Crippen LogP contribution in [0.15, 0.2) is 54.6 Å². The van der Waals surface area contributed by atoms with Crippen LogP contribution in [0.5, 0.6) is 0 Å². The molecule has 0 spiro atoms. The van der Waals surface area contributed by atoms with Crippen LogP contribution in [0.3, 0.4) is 0 Å². The molecule has 0 aliphatic carbocycles. The Morgan fingerprint density at radius 1 is 1.00 bits per heavy atom. The topological polar surface area (TPSA) is 102 Å². The van der Waals surface area contributed by atoms with Crippen LogP contribution in [-0.4, -0.2) is 42.7 Å². The number of hydrogen-bond donors (Lipinski definition) is 2. The van der Waals surface area contributed by atoms with Crippen molar-refractivity contribution in [2.75, 3.05) is 13.7 Å². The minimum atomic E-state index is -0.882. The summed E-state index contributed by atoms with van der Waals surface area (Å²) in [7, 11) is 1.24. The van der Waals surface area contributed by atoms with Crippen LogP contribution in [0.1, 0.15) is 21.5 Å². The average Bonchev–Trinajstić information content (AvgIpc) is 2.71. The van der Waals surface area contributed by atoms with Gasteiger partial charge in [0.1, 0.15) is 6.04 Å². The number of methoxy groups -OCH3 is 1. The molecule has 7 nitrogen and oxygen atoms in total. The van der Waals surface area contributed by atoms with Crippen molar-refractivity contribution < 1.29 is 29.0 Å². The summed E-state index contributed by atoms with van der Waals surface area (Å²) in [5, 5.41) is 11.5. The molecule has 27 heavy (non-hydrogen) atoms. The number of hydrogen-bond acceptors (Lipinski definition) is 6. The third kappa shape index (κ3) is 6.23. The molecule has 2 N–H and O–H groups in total. The quantitative estimate of drug-likeness (QED) is 0.677. The molecule has 1 atom stereocenters. The minimum Gasteiger partial charge on any atom is -0.467 e. The van der Waals surface area contributed by atoms with E-state index in [0.717, 1.165) is 5.56 Å². The van der Waals surface area contributed by atoms with E-state index in [1.807, 2.05) is 30.3 Å². The zero-order valence-electron chi connectivity index (χ0n) is 14.9. The first-order valence-electron chi connectivity index (χ1n) is 8.31. The second-order valence-electron chi connectivity index (χ2n) is 5.76. The monoisotopic (exact) mass is 371 g/mol. The highest BCUT2D eigenvalue weighted by Gasteiger charge is 2.22. The Kier molecular flexibility index (Phi) is 7.51. The van der Waals surface area contributed by atoms with Gasteiger partial charge in [-0.25, -0.2) is 9.59 Å². The summed E-state index contributed by atoms with van der Waals surface area (Å²) in [5.74, 6) is -1.87. The maximum Gasteiger partial charge on any atom is 0.338 e. The van der Waals surface area contributed by atoms with Crippen LogP contribution < -0.4 is 5.32 Å². The summed E-state index contributed by atoms with van der Waals surface area (Å²) >= 11 is 0. The Morgan fingerprint density at radius 3 is 2.26 bits per heavy atom. The second kappa shape index (κ2) is 10.1. The molecule has 0 radical (unpaired) electrons. The molecule has 0 aromatic heterocycles. The van der Waals surface area contributed by atoms with Crippen molar-refractivity contribution in [2.24, 2.45) is 0 Å². The number of amides is 1. The van der Waals surface area contributed by atoms with Gasteiger partial charge in [-0.05, 0) is 23.3 Å². The van der Waals surface area contributed by atoms with Gasteiger partial charge in [0, 0.05) is 6.42 Å². The highest BCUT2D eigenvalue weighted by molar-refractivity contribution is 5.92. The summed E-state index contributed by atoms with van der Waals surface area (Å²) in [4.78, 5) is 35.9. The van der Waals surface area contributed by atoms with E-state index in [2.05, 4.69) is 5.32 Å². The number of esters is 2. The lowest BCUT2D eigenvalue weighted by Crippen LogP contribution is -2.44. The molecule has 0 saturated heterocycles. The number of ether oxygens (including phenoxy) is 2. The van der Waals surface area contributed by atoms with Crippen molar-refractivity contribution in [2.45, 2.75) is 19.1 Å². The Balaban J connectivity index is 1.90. The molecule has 7 heteroatoms. The van der Waals surface area contributed by atoms with Gasteiger partial charge < -0.3 is 19.9 Å². The smallest absolute Gasteiger partial charge is 0.338 e. The van der Waals surface area contributed by atoms with E-state index < -0.39 is 30.5 Å². The minimum absolute atomic E-state index is 0.131. The molecule has 2 aromatic rings. The predicted octanol–water partition coefficient (Wildman–Crippen LogP) is 1.24. The molecule has 0 bridgehead atoms. The van der Waals surface area contributed by atoms with Crippen molar-refractivity contribution in [1.29, 1.82) is 0 Å². The Bertz CT molecular complexity index is 773. The largest absolute Gasteiger partial charge is 0.467 e. The molecule has 142 valence electrons. The third-order valence-corrected chi connectivity index (χ3v) is 3.81. The Hall–Kier alpha value is -3.19. The fourth-order valence-electron chi connectivity index (χ4n) is 2.38. The van der Waals surface area contributed by atoms with Crippen molar-refractivity contribution in [3.05, 3.63) is 71.3 Å². The summed E-state index contributed by atoms with van der Waals surface area (Å²) in [6.07, 6.45) is 0.260. The van der Waals surface area contributed by atoms with Crippen LogP contribution >= 0.6 is 0 Å². The maximum absolute atomic E-state index is 12.1. The van der Waals surface area contributed by atoms with Crippen molar-refractivity contribution in [3.8, 4) is 0 Å². The van der Waals surface area contributed by atoms with Crippen LogP contribution in [0.4, 0.5) is 0 Å². The van der Waals surface area contributed by atoms with E-state index in [-0.39, 0.29) is 18.6 Å². The lowest BCUT2D eigenvalue weighted by molar-refractivity contribution is -0.145. The summed E-state index contributed by atoms with van der Waals surface area (Å²) in [6.45, 7) is -0.656. The molecule has 0 heterocycles. The predicted molar refractivity (Wildman–Crippen MR) is 96.7 cm³/mol. The van der Waals surface area contributed by atoms with Gasteiger partial charge in [0.15, 0.2) is 6.61 Å². The van der Waals surface area contributed by atoms with Gasteiger partial charge in [0.2, 0.25) is 0 Å². The molecule has 0 fully saturated rings. The van der Waals surface area contributed by atoms with Gasteiger partial charge in [-0.1, -0.05) is 42.5 Å². The first kappa shape index (κ1) is 20.1. The van der Waals surface area contributed by atoms with Crippen LogP contribution in [0, 0.1) is 0 Å². The standard InChI is InChI=1S/C20H21NO6/c1-26-20(25)17(11-14-5-3-2-4-6-14)21-18(23)13-27-19(24)16-9-7-15(12-22)8-10-16/h2-10,17,22H,11-13H2,1H3,(H,21,23)/t17-/m1/s1. The van der Waals surface area contributed by atoms with Gasteiger partial charge in [0.05, 0.1) is 19.3 Å². The fourth-order valence-corrected chi connectivity index (χ4v) is 2.38. The third-order valence-electron chi connectivity index (χ3n) is 3.81. The molecular formula is C20H21NO6. The van der Waals surface area contributed by atoms with Crippen molar-refractivity contribution in [1.82, 2.24) is 5.32 Å². The molecule has 0 aliphatic rings. The number of aliphatic hydroxyl groups is 1. The SMILES string of the molecule is COC(=O)[C@@H](Cc1ccccc1)NC(=O)COC(=O)c1ccc(CO)cc1. The van der Waals surface area contributed by atoms with E-state index in [9.17, 15) is 14.4 Å². The zero-order chi connectivity index (χ0) is 19.6. The number of nitrogens with one attached hydrogen (secondary N) is 1. The van der Waals surface area contributed by atoms with Gasteiger partial charge in [-0.2, -0.15) is 0 Å². The fraction of sp³-hybridized carbons (Fsp3) is 0.250. The summed E-state index contributed by atoms with van der Waals surface area (Å²) < 4.78 is 9.68. The molecule has 1 amide bonds. The first-order chi connectivity index (χ1) is 13.0. The van der Waals surface area contributed by atoms with E-state index in [1.165, 1.54) is 19.2 Å². The van der Waals surface area contributed by atoms with Gasteiger partial charge >= 0.3 is 11.9 Å². The molecular weight excluding hydrogens is 350 g/mol. The van der Waals surface area contributed by atoms with Crippen LogP contribution in [0.25, 0.3) is 0 Å². The van der Waals surface area contributed by atoms with Gasteiger partial charge in [-0.3, -0.25) is 4.79 Å². The van der Waals surface area contributed by atoms with Crippen LogP contribution in [-0.2, 0) is 32.1 Å². The lowest BCUT2D eigenvalue weighted by atomic mass is 10.1. The lowest BCUT2D eigenvalue weighted by Gasteiger charge is -2.16. The van der Waals surface area contributed by atoms with E-state index in [0.29, 0.717) is 5.56 Å². The zero-order valence-corrected chi connectivity index (χ0v) is 14.9. The first-order valence-corrected chi connectivity index (χ1v) is 8.31. The number of aliphatic hydroxyl groups excluding tert-OH is 1. The molecule has 0 saturated carbocycles. The average molecular weight is 371 g/mol. The molecule has 2 rings (SSSR count). The normalized spacial score (nSPS) is 11.3. The summed E-state index contributed by atoms with van der Waals surface area (Å²) in [5.41, 5.74) is 1.77. The van der Waals surface area contributed by atoms with E-state index in [1.54, 1.807) is 12.1 Å². The van der Waals surface area contributed by atoms with Crippen LogP contribution in [0.2, 0.25) is 0 Å². The second-order valence-corrected chi connectivity index (χ2v) is 5.76. The van der Waals surface area contributed by atoms with Crippen molar-refractivity contribution >= 4 is 17.8 Å².